The summed E-state index contributed by atoms with van der Waals surface area (Å²) < 4.78 is 28.9. The van der Waals surface area contributed by atoms with E-state index in [0.717, 1.165) is 10.2 Å². The van der Waals surface area contributed by atoms with Gasteiger partial charge in [0.1, 0.15) is 6.29 Å². The number of piperazine rings is 1. The highest BCUT2D eigenvalue weighted by molar-refractivity contribution is 9.10. The lowest BCUT2D eigenvalue weighted by Gasteiger charge is -2.35. The average Bonchev–Trinajstić information content (AvgIpc) is 2.47. The van der Waals surface area contributed by atoms with Crippen LogP contribution in [-0.2, 0) is 15.0 Å². The monoisotopic (exact) mass is 375 g/mol. The van der Waals surface area contributed by atoms with Crippen LogP contribution >= 0.6 is 15.9 Å². The first-order valence-electron chi connectivity index (χ1n) is 6.65. The zero-order valence-electron chi connectivity index (χ0n) is 11.7. The second-order valence-electron chi connectivity index (χ2n) is 4.91. The molecule has 0 saturated carbocycles. The number of halogens is 1. The van der Waals surface area contributed by atoms with E-state index in [1.54, 1.807) is 0 Å². The third kappa shape index (κ3) is 4.26. The maximum atomic E-state index is 12.1. The molecule has 0 radical (unpaired) electrons. The Morgan fingerprint density at radius 2 is 1.76 bits per heavy atom. The van der Waals surface area contributed by atoms with Gasteiger partial charge in [-0.05, 0) is 31.2 Å². The lowest BCUT2D eigenvalue weighted by atomic mass is 10.2. The first-order valence-corrected chi connectivity index (χ1v) is 8.89. The number of aldehydes is 1. The van der Waals surface area contributed by atoms with Gasteiger partial charge in [-0.3, -0.25) is 0 Å². The molecule has 8 heteroatoms. The highest BCUT2D eigenvalue weighted by atomic mass is 79.9. The lowest BCUT2D eigenvalue weighted by Crippen LogP contribution is -2.53. The maximum absolute atomic E-state index is 12.1. The van der Waals surface area contributed by atoms with Crippen LogP contribution in [0.25, 0.3) is 0 Å². The minimum absolute atomic E-state index is 0.400. The first kappa shape index (κ1) is 16.4. The summed E-state index contributed by atoms with van der Waals surface area (Å²) in [6, 6.07) is 7.22. The summed E-state index contributed by atoms with van der Waals surface area (Å²) >= 11 is 3.39. The van der Waals surface area contributed by atoms with Crippen molar-refractivity contribution in [1.29, 1.82) is 0 Å². The molecule has 21 heavy (non-hydrogen) atoms. The summed E-state index contributed by atoms with van der Waals surface area (Å²) in [5, 5.41) is 0. The van der Waals surface area contributed by atoms with Crippen molar-refractivity contribution in [2.24, 2.45) is 0 Å². The zero-order chi connectivity index (χ0) is 15.5. The molecule has 1 N–H and O–H groups in total. The molecule has 1 heterocycles. The van der Waals surface area contributed by atoms with Crippen molar-refractivity contribution in [3.63, 3.8) is 0 Å². The number of benzene rings is 1. The molecule has 2 rings (SSSR count). The average molecular weight is 376 g/mol. The van der Waals surface area contributed by atoms with Gasteiger partial charge in [-0.25, -0.2) is 0 Å². The molecule has 1 saturated heterocycles. The third-order valence-corrected chi connectivity index (χ3v) is 5.55. The van der Waals surface area contributed by atoms with Gasteiger partial charge in [-0.1, -0.05) is 15.9 Å². The zero-order valence-corrected chi connectivity index (χ0v) is 14.1. The largest absolute Gasteiger partial charge is 0.369 e. The highest BCUT2D eigenvalue weighted by Crippen LogP contribution is 2.20. The molecular weight excluding hydrogens is 358 g/mol. The Morgan fingerprint density at radius 1 is 1.19 bits per heavy atom. The summed E-state index contributed by atoms with van der Waals surface area (Å²) in [5.74, 6) is 0. The van der Waals surface area contributed by atoms with E-state index in [0.29, 0.717) is 32.5 Å². The smallest absolute Gasteiger partial charge is 0.280 e. The lowest BCUT2D eigenvalue weighted by molar-refractivity contribution is -0.108. The molecule has 0 spiro atoms. The Kier molecular flexibility index (Phi) is 5.37. The normalized spacial score (nSPS) is 18.5. The Bertz CT molecular complexity index is 583. The Balaban J connectivity index is 1.96. The van der Waals surface area contributed by atoms with Gasteiger partial charge in [0.15, 0.2) is 0 Å². The topological polar surface area (TPSA) is 69.7 Å². The molecule has 6 nitrogen and oxygen atoms in total. The number of carbonyl (C=O) groups excluding carboxylic acids is 1. The fourth-order valence-corrected chi connectivity index (χ4v) is 3.76. The summed E-state index contributed by atoms with van der Waals surface area (Å²) in [7, 11) is -3.59. The van der Waals surface area contributed by atoms with Crippen molar-refractivity contribution in [2.45, 2.75) is 13.0 Å². The Labute approximate surface area is 133 Å². The minimum atomic E-state index is -3.59. The van der Waals surface area contributed by atoms with Crippen LogP contribution in [0.5, 0.6) is 0 Å². The molecule has 0 aromatic heterocycles. The van der Waals surface area contributed by atoms with Crippen LogP contribution in [0.2, 0.25) is 0 Å². The summed E-state index contributed by atoms with van der Waals surface area (Å²) in [4.78, 5) is 12.7. The van der Waals surface area contributed by atoms with Crippen molar-refractivity contribution in [2.75, 3.05) is 31.1 Å². The molecule has 0 aliphatic carbocycles. The van der Waals surface area contributed by atoms with Crippen LogP contribution in [-0.4, -0.2) is 51.2 Å². The van der Waals surface area contributed by atoms with Gasteiger partial charge < -0.3 is 9.69 Å². The van der Waals surface area contributed by atoms with E-state index in [9.17, 15) is 13.2 Å². The maximum Gasteiger partial charge on any atom is 0.280 e. The molecule has 1 aromatic rings. The molecule has 0 amide bonds. The van der Waals surface area contributed by atoms with E-state index in [1.165, 1.54) is 11.2 Å². The summed E-state index contributed by atoms with van der Waals surface area (Å²) in [6.07, 6.45) is 0.579. The van der Waals surface area contributed by atoms with E-state index >= 15 is 0 Å². The number of anilines is 1. The van der Waals surface area contributed by atoms with Crippen LogP contribution in [0.3, 0.4) is 0 Å². The minimum Gasteiger partial charge on any atom is -0.369 e. The predicted molar refractivity (Wildman–Crippen MR) is 85.5 cm³/mol. The van der Waals surface area contributed by atoms with Gasteiger partial charge in [0.25, 0.3) is 10.2 Å². The Morgan fingerprint density at radius 3 is 2.29 bits per heavy atom. The molecule has 1 aliphatic heterocycles. The van der Waals surface area contributed by atoms with Gasteiger partial charge >= 0.3 is 0 Å². The SMILES string of the molecule is C[C@H](C=O)NS(=O)(=O)N1CCN(c2ccc(Br)cc2)CC1. The first-order chi connectivity index (χ1) is 9.92. The van der Waals surface area contributed by atoms with Crippen molar-refractivity contribution in [3.8, 4) is 0 Å². The molecule has 1 fully saturated rings. The van der Waals surface area contributed by atoms with E-state index in [2.05, 4.69) is 25.6 Å². The van der Waals surface area contributed by atoms with E-state index in [1.807, 2.05) is 24.3 Å². The molecule has 1 aliphatic rings. The Hall–Kier alpha value is -0.960. The second-order valence-corrected chi connectivity index (χ2v) is 7.53. The summed E-state index contributed by atoms with van der Waals surface area (Å²) in [6.45, 7) is 3.56. The molecule has 1 aromatic carbocycles. The van der Waals surface area contributed by atoms with Gasteiger partial charge in [0, 0.05) is 36.3 Å². The van der Waals surface area contributed by atoms with Crippen LogP contribution < -0.4 is 9.62 Å². The van der Waals surface area contributed by atoms with Gasteiger partial charge in [-0.2, -0.15) is 17.4 Å². The number of nitrogens with zero attached hydrogens (tertiary/aromatic N) is 2. The van der Waals surface area contributed by atoms with Gasteiger partial charge in [0.2, 0.25) is 0 Å². The number of rotatable bonds is 5. The molecule has 116 valence electrons. The van der Waals surface area contributed by atoms with Crippen molar-refractivity contribution >= 4 is 38.1 Å². The third-order valence-electron chi connectivity index (χ3n) is 3.31. The number of hydrogen-bond acceptors (Lipinski definition) is 4. The van der Waals surface area contributed by atoms with Crippen molar-refractivity contribution in [3.05, 3.63) is 28.7 Å². The van der Waals surface area contributed by atoms with Crippen LogP contribution in [0.4, 0.5) is 5.69 Å². The molecular formula is C13H18BrN3O3S. The summed E-state index contributed by atoms with van der Waals surface area (Å²) in [5.41, 5.74) is 1.07. The van der Waals surface area contributed by atoms with Gasteiger partial charge in [-0.15, -0.1) is 0 Å². The van der Waals surface area contributed by atoms with Crippen LogP contribution in [0.1, 0.15) is 6.92 Å². The standard InChI is InChI=1S/C13H18BrN3O3S/c1-11(10-18)15-21(19,20)17-8-6-16(7-9-17)13-4-2-12(14)3-5-13/h2-5,10-11,15H,6-9H2,1H3/t11-/m1/s1. The van der Waals surface area contributed by atoms with Crippen molar-refractivity contribution < 1.29 is 13.2 Å². The van der Waals surface area contributed by atoms with Crippen LogP contribution in [0, 0.1) is 0 Å². The fourth-order valence-electron chi connectivity index (χ4n) is 2.18. The van der Waals surface area contributed by atoms with Gasteiger partial charge in [0.05, 0.1) is 6.04 Å². The quantitative estimate of drug-likeness (QED) is 0.779. The highest BCUT2D eigenvalue weighted by Gasteiger charge is 2.27. The van der Waals surface area contributed by atoms with E-state index in [-0.39, 0.29) is 0 Å². The number of nitrogens with one attached hydrogen (secondary N) is 1. The number of hydrogen-bond donors (Lipinski definition) is 1. The van der Waals surface area contributed by atoms with E-state index in [4.69, 9.17) is 0 Å². The fraction of sp³-hybridized carbons (Fsp3) is 0.462. The number of carbonyl (C=O) groups is 1. The second kappa shape index (κ2) is 6.87. The molecule has 0 bridgehead atoms. The molecule has 1 atom stereocenters. The van der Waals surface area contributed by atoms with Crippen LogP contribution in [0.15, 0.2) is 28.7 Å². The predicted octanol–water partition coefficient (Wildman–Crippen LogP) is 0.993. The van der Waals surface area contributed by atoms with E-state index < -0.39 is 16.3 Å². The van der Waals surface area contributed by atoms with Crippen molar-refractivity contribution in [1.82, 2.24) is 9.03 Å². The molecule has 0 unspecified atom stereocenters.